The fourth-order valence-corrected chi connectivity index (χ4v) is 1.23. The molecule has 12 heavy (non-hydrogen) atoms. The SMILES string of the molecule is Cc1[c][nH]c(-c2ccccc2)c1. The molecule has 0 bridgehead atoms. The van der Waals surface area contributed by atoms with Crippen LogP contribution in [0, 0.1) is 13.1 Å². The highest BCUT2D eigenvalue weighted by atomic mass is 14.7. The summed E-state index contributed by atoms with van der Waals surface area (Å²) in [5, 5.41) is 0. The summed E-state index contributed by atoms with van der Waals surface area (Å²) in [7, 11) is 0. The minimum atomic E-state index is 1.13. The van der Waals surface area contributed by atoms with Gasteiger partial charge in [-0.25, -0.2) is 0 Å². The molecule has 0 aliphatic carbocycles. The molecule has 1 nitrogen and oxygen atoms in total. The first kappa shape index (κ1) is 7.17. The highest BCUT2D eigenvalue weighted by Gasteiger charge is 1.97. The highest BCUT2D eigenvalue weighted by Crippen LogP contribution is 2.17. The van der Waals surface area contributed by atoms with Gasteiger partial charge in [-0.15, -0.1) is 0 Å². The fourth-order valence-electron chi connectivity index (χ4n) is 1.23. The number of rotatable bonds is 1. The maximum atomic E-state index is 3.10. The number of aromatic amines is 1. The molecule has 59 valence electrons. The summed E-state index contributed by atoms with van der Waals surface area (Å²) in [5.74, 6) is 0. The summed E-state index contributed by atoms with van der Waals surface area (Å²) in [5.41, 5.74) is 3.49. The summed E-state index contributed by atoms with van der Waals surface area (Å²) in [4.78, 5) is 3.10. The van der Waals surface area contributed by atoms with E-state index in [2.05, 4.69) is 29.4 Å². The van der Waals surface area contributed by atoms with Crippen molar-refractivity contribution in [3.8, 4) is 11.3 Å². The predicted octanol–water partition coefficient (Wildman–Crippen LogP) is 2.79. The summed E-state index contributed by atoms with van der Waals surface area (Å²) < 4.78 is 0. The Balaban J connectivity index is 2.45. The van der Waals surface area contributed by atoms with E-state index >= 15 is 0 Å². The van der Waals surface area contributed by atoms with Crippen LogP contribution in [0.1, 0.15) is 5.56 Å². The molecule has 1 heteroatoms. The van der Waals surface area contributed by atoms with Gasteiger partial charge in [-0.2, -0.15) is 0 Å². The van der Waals surface area contributed by atoms with E-state index in [1.165, 1.54) is 5.56 Å². The Morgan fingerprint density at radius 1 is 1.17 bits per heavy atom. The lowest BCUT2D eigenvalue weighted by Gasteiger charge is -1.94. The number of hydrogen-bond acceptors (Lipinski definition) is 0. The lowest BCUT2D eigenvalue weighted by Crippen LogP contribution is -1.73. The van der Waals surface area contributed by atoms with Crippen LogP contribution >= 0.6 is 0 Å². The third-order valence-corrected chi connectivity index (χ3v) is 1.84. The quantitative estimate of drug-likeness (QED) is 0.653. The molecule has 0 saturated carbocycles. The first-order chi connectivity index (χ1) is 5.86. The van der Waals surface area contributed by atoms with Crippen molar-refractivity contribution in [1.29, 1.82) is 0 Å². The summed E-state index contributed by atoms with van der Waals surface area (Å²) >= 11 is 0. The Morgan fingerprint density at radius 3 is 2.50 bits per heavy atom. The Labute approximate surface area is 72.1 Å². The molecule has 0 saturated heterocycles. The van der Waals surface area contributed by atoms with E-state index in [1.807, 2.05) is 25.1 Å². The molecule has 1 radical (unpaired) electrons. The van der Waals surface area contributed by atoms with E-state index in [0.717, 1.165) is 11.3 Å². The van der Waals surface area contributed by atoms with Gasteiger partial charge in [0.25, 0.3) is 0 Å². The van der Waals surface area contributed by atoms with Crippen LogP contribution in [-0.4, -0.2) is 4.98 Å². The van der Waals surface area contributed by atoms with E-state index in [9.17, 15) is 0 Å². The normalized spacial score (nSPS) is 10.1. The molecule has 0 aliphatic rings. The van der Waals surface area contributed by atoms with E-state index in [0.29, 0.717) is 0 Å². The zero-order valence-electron chi connectivity index (χ0n) is 6.96. The van der Waals surface area contributed by atoms with Crippen LogP contribution in [0.25, 0.3) is 11.3 Å². The van der Waals surface area contributed by atoms with Crippen molar-refractivity contribution in [3.05, 3.63) is 48.2 Å². The molecule has 0 aliphatic heterocycles. The van der Waals surface area contributed by atoms with Crippen molar-refractivity contribution in [3.63, 3.8) is 0 Å². The standard InChI is InChI=1S/C11H10N/c1-9-7-11(12-8-9)10-5-3-2-4-6-10/h2-7,12H,1H3. The van der Waals surface area contributed by atoms with E-state index < -0.39 is 0 Å². The van der Waals surface area contributed by atoms with Crippen LogP contribution in [0.2, 0.25) is 0 Å². The van der Waals surface area contributed by atoms with Gasteiger partial charge in [0.05, 0.1) is 6.20 Å². The average Bonchev–Trinajstić information content (AvgIpc) is 2.54. The van der Waals surface area contributed by atoms with Crippen molar-refractivity contribution >= 4 is 0 Å². The molecule has 0 atom stereocenters. The van der Waals surface area contributed by atoms with Gasteiger partial charge in [0.2, 0.25) is 0 Å². The van der Waals surface area contributed by atoms with Gasteiger partial charge in [-0.05, 0) is 24.1 Å². The lowest BCUT2D eigenvalue weighted by atomic mass is 10.1. The maximum Gasteiger partial charge on any atom is 0.0656 e. The number of nitrogens with one attached hydrogen (secondary N) is 1. The molecule has 2 rings (SSSR count). The Hall–Kier alpha value is -1.50. The third kappa shape index (κ3) is 1.26. The molecule has 0 spiro atoms. The van der Waals surface area contributed by atoms with Crippen LogP contribution in [0.5, 0.6) is 0 Å². The predicted molar refractivity (Wildman–Crippen MR) is 49.8 cm³/mol. The number of aryl methyl sites for hydroxylation is 1. The van der Waals surface area contributed by atoms with Gasteiger partial charge >= 0.3 is 0 Å². The second kappa shape index (κ2) is 2.86. The van der Waals surface area contributed by atoms with E-state index in [1.54, 1.807) is 0 Å². The molecule has 0 fully saturated rings. The Kier molecular flexibility index (Phi) is 1.71. The number of hydrogen-bond donors (Lipinski definition) is 1. The van der Waals surface area contributed by atoms with E-state index in [-0.39, 0.29) is 0 Å². The molecular formula is C11H10N. The zero-order chi connectivity index (χ0) is 8.39. The van der Waals surface area contributed by atoms with Gasteiger partial charge in [0.15, 0.2) is 0 Å². The molecule has 0 amide bonds. The van der Waals surface area contributed by atoms with Gasteiger partial charge in [0.1, 0.15) is 0 Å². The first-order valence-corrected chi connectivity index (χ1v) is 3.99. The fraction of sp³-hybridized carbons (Fsp3) is 0.0909. The van der Waals surface area contributed by atoms with Gasteiger partial charge < -0.3 is 4.98 Å². The van der Waals surface area contributed by atoms with Crippen LogP contribution in [0.15, 0.2) is 36.4 Å². The summed E-state index contributed by atoms with van der Waals surface area (Å²) in [6.07, 6.45) is 3.04. The molecule has 1 N–H and O–H groups in total. The molecule has 1 heterocycles. The average molecular weight is 156 g/mol. The van der Waals surface area contributed by atoms with Gasteiger partial charge in [0, 0.05) is 5.69 Å². The lowest BCUT2D eigenvalue weighted by molar-refractivity contribution is 1.36. The molecule has 1 aromatic carbocycles. The van der Waals surface area contributed by atoms with Crippen LogP contribution < -0.4 is 0 Å². The second-order valence-electron chi connectivity index (χ2n) is 2.86. The first-order valence-electron chi connectivity index (χ1n) is 3.99. The molecular weight excluding hydrogens is 146 g/mol. The monoisotopic (exact) mass is 156 g/mol. The van der Waals surface area contributed by atoms with Crippen LogP contribution in [0.4, 0.5) is 0 Å². The minimum Gasteiger partial charge on any atom is -0.353 e. The van der Waals surface area contributed by atoms with Crippen molar-refractivity contribution in [2.75, 3.05) is 0 Å². The number of aromatic nitrogens is 1. The van der Waals surface area contributed by atoms with Crippen molar-refractivity contribution in [2.24, 2.45) is 0 Å². The highest BCUT2D eigenvalue weighted by molar-refractivity contribution is 5.59. The second-order valence-corrected chi connectivity index (χ2v) is 2.86. The minimum absolute atomic E-state index is 1.13. The smallest absolute Gasteiger partial charge is 0.0656 e. The van der Waals surface area contributed by atoms with Crippen molar-refractivity contribution in [2.45, 2.75) is 6.92 Å². The van der Waals surface area contributed by atoms with Gasteiger partial charge in [-0.1, -0.05) is 30.3 Å². The Bertz CT molecular complexity index is 360. The van der Waals surface area contributed by atoms with E-state index in [4.69, 9.17) is 0 Å². The number of H-pyrrole nitrogens is 1. The largest absolute Gasteiger partial charge is 0.353 e. The summed E-state index contributed by atoms with van der Waals surface area (Å²) in [6, 6.07) is 12.3. The molecule has 0 unspecified atom stereocenters. The maximum absolute atomic E-state index is 3.10. The molecule has 1 aromatic heterocycles. The van der Waals surface area contributed by atoms with Crippen molar-refractivity contribution in [1.82, 2.24) is 4.98 Å². The number of benzene rings is 1. The Morgan fingerprint density at radius 2 is 1.92 bits per heavy atom. The zero-order valence-corrected chi connectivity index (χ0v) is 6.96. The molecule has 2 aromatic rings. The van der Waals surface area contributed by atoms with Crippen molar-refractivity contribution < 1.29 is 0 Å². The van der Waals surface area contributed by atoms with Crippen LogP contribution in [0.3, 0.4) is 0 Å². The third-order valence-electron chi connectivity index (χ3n) is 1.84. The topological polar surface area (TPSA) is 15.8 Å². The summed E-state index contributed by atoms with van der Waals surface area (Å²) in [6.45, 7) is 2.03. The van der Waals surface area contributed by atoms with Crippen LogP contribution in [-0.2, 0) is 0 Å². The van der Waals surface area contributed by atoms with Gasteiger partial charge in [-0.3, -0.25) is 0 Å².